The van der Waals surface area contributed by atoms with E-state index >= 15 is 0 Å². The van der Waals surface area contributed by atoms with Crippen LogP contribution >= 0.6 is 23.2 Å². The topological polar surface area (TPSA) is 61.3 Å². The zero-order chi connectivity index (χ0) is 17.6. The predicted octanol–water partition coefficient (Wildman–Crippen LogP) is 5.74. The van der Waals surface area contributed by atoms with E-state index in [0.717, 1.165) is 42.7 Å². The van der Waals surface area contributed by atoms with Crippen LogP contribution in [0.25, 0.3) is 11.3 Å². The first-order valence-corrected chi connectivity index (χ1v) is 8.82. The lowest BCUT2D eigenvalue weighted by Gasteiger charge is -2.11. The quantitative estimate of drug-likeness (QED) is 0.466. The van der Waals surface area contributed by atoms with Crippen LogP contribution in [0.1, 0.15) is 30.7 Å². The Labute approximate surface area is 155 Å². The van der Waals surface area contributed by atoms with Gasteiger partial charge in [-0.1, -0.05) is 28.4 Å². The van der Waals surface area contributed by atoms with Crippen molar-refractivity contribution in [2.45, 2.75) is 32.6 Å². The van der Waals surface area contributed by atoms with Gasteiger partial charge < -0.3 is 13.7 Å². The fraction of sp³-hybridized carbons (Fsp3) is 0.333. The summed E-state index contributed by atoms with van der Waals surface area (Å²) in [5.41, 5.74) is 1.68. The molecule has 0 aliphatic rings. The molecule has 0 spiro atoms. The zero-order valence-electron chi connectivity index (χ0n) is 13.8. The number of oxazole rings is 1. The molecule has 5 nitrogen and oxygen atoms in total. The van der Waals surface area contributed by atoms with E-state index < -0.39 is 0 Å². The Bertz CT molecular complexity index is 793. The maximum Gasteiger partial charge on any atom is 0.181 e. The van der Waals surface area contributed by atoms with E-state index in [2.05, 4.69) is 10.1 Å². The van der Waals surface area contributed by atoms with Crippen LogP contribution in [0.2, 0.25) is 10.0 Å². The molecule has 0 radical (unpaired) electrons. The average molecular weight is 381 g/mol. The molecule has 0 bridgehead atoms. The number of aryl methyl sites for hydroxylation is 2. The second-order valence-electron chi connectivity index (χ2n) is 5.73. The number of rotatable bonds is 8. The number of nitrogens with zero attached hydrogens (tertiary/aromatic N) is 2. The number of aromatic nitrogens is 2. The summed E-state index contributed by atoms with van der Waals surface area (Å²) in [7, 11) is 0. The highest BCUT2D eigenvalue weighted by atomic mass is 35.5. The van der Waals surface area contributed by atoms with E-state index in [1.165, 1.54) is 6.39 Å². The van der Waals surface area contributed by atoms with Gasteiger partial charge in [0.05, 0.1) is 28.5 Å². The van der Waals surface area contributed by atoms with Crippen LogP contribution in [0.3, 0.4) is 0 Å². The highest BCUT2D eigenvalue weighted by Gasteiger charge is 2.12. The van der Waals surface area contributed by atoms with Crippen molar-refractivity contribution in [3.05, 3.63) is 52.3 Å². The molecular formula is C18H18Cl2N2O3. The second kappa shape index (κ2) is 8.41. The third kappa shape index (κ3) is 4.77. The maximum atomic E-state index is 6.28. The summed E-state index contributed by atoms with van der Waals surface area (Å²) in [6.45, 7) is 2.47. The van der Waals surface area contributed by atoms with Crippen molar-refractivity contribution in [2.24, 2.45) is 0 Å². The Hall–Kier alpha value is -1.98. The van der Waals surface area contributed by atoms with Gasteiger partial charge in [0, 0.05) is 18.1 Å². The van der Waals surface area contributed by atoms with Crippen molar-refractivity contribution in [3.8, 4) is 17.1 Å². The fourth-order valence-electron chi connectivity index (χ4n) is 2.48. The highest BCUT2D eigenvalue weighted by molar-refractivity contribution is 6.37. The van der Waals surface area contributed by atoms with Gasteiger partial charge >= 0.3 is 0 Å². The molecule has 0 aliphatic carbocycles. The van der Waals surface area contributed by atoms with Crippen molar-refractivity contribution < 1.29 is 13.7 Å². The van der Waals surface area contributed by atoms with Crippen LogP contribution in [0.15, 0.2) is 39.7 Å². The Morgan fingerprint density at radius 2 is 1.88 bits per heavy atom. The standard InChI is InChI=1S/C18H18Cl2N2O3/c1-12-7-14(25-22-12)5-3-2-4-6-23-18-15(19)8-13(9-16(18)20)17-10-21-11-24-17/h7-11H,2-6H2,1H3. The maximum absolute atomic E-state index is 6.28. The lowest BCUT2D eigenvalue weighted by atomic mass is 10.1. The van der Waals surface area contributed by atoms with Gasteiger partial charge in [-0.25, -0.2) is 4.98 Å². The number of ether oxygens (including phenoxy) is 1. The van der Waals surface area contributed by atoms with Crippen LogP contribution in [-0.2, 0) is 6.42 Å². The third-order valence-electron chi connectivity index (χ3n) is 3.71. The molecule has 25 heavy (non-hydrogen) atoms. The molecule has 0 unspecified atom stereocenters. The molecular weight excluding hydrogens is 363 g/mol. The van der Waals surface area contributed by atoms with E-state index in [0.29, 0.717) is 28.2 Å². The predicted molar refractivity (Wildman–Crippen MR) is 96.2 cm³/mol. The Morgan fingerprint density at radius 1 is 1.08 bits per heavy atom. The van der Waals surface area contributed by atoms with Gasteiger partial charge in [-0.2, -0.15) is 0 Å². The molecule has 2 aromatic heterocycles. The van der Waals surface area contributed by atoms with Crippen LogP contribution in [0, 0.1) is 6.92 Å². The van der Waals surface area contributed by atoms with Crippen LogP contribution in [0.5, 0.6) is 5.75 Å². The zero-order valence-corrected chi connectivity index (χ0v) is 15.3. The molecule has 0 fully saturated rings. The summed E-state index contributed by atoms with van der Waals surface area (Å²) in [6, 6.07) is 5.48. The molecule has 0 amide bonds. The van der Waals surface area contributed by atoms with Gasteiger partial charge in [-0.05, 0) is 38.3 Å². The largest absolute Gasteiger partial charge is 0.490 e. The smallest absolute Gasteiger partial charge is 0.181 e. The van der Waals surface area contributed by atoms with Crippen molar-refractivity contribution >= 4 is 23.2 Å². The summed E-state index contributed by atoms with van der Waals surface area (Å²) in [4.78, 5) is 3.89. The molecule has 0 atom stereocenters. The minimum absolute atomic E-state index is 0.455. The summed E-state index contributed by atoms with van der Waals surface area (Å²) < 4.78 is 16.2. The fourth-order valence-corrected chi connectivity index (χ4v) is 3.08. The average Bonchev–Trinajstić information content (AvgIpc) is 3.24. The van der Waals surface area contributed by atoms with E-state index in [1.54, 1.807) is 18.3 Å². The third-order valence-corrected chi connectivity index (χ3v) is 4.27. The molecule has 7 heteroatoms. The van der Waals surface area contributed by atoms with Crippen molar-refractivity contribution in [1.82, 2.24) is 10.1 Å². The lowest BCUT2D eigenvalue weighted by molar-refractivity contribution is 0.303. The van der Waals surface area contributed by atoms with Gasteiger partial charge in [0.15, 0.2) is 17.9 Å². The first-order chi connectivity index (χ1) is 12.1. The van der Waals surface area contributed by atoms with Crippen molar-refractivity contribution in [2.75, 3.05) is 6.61 Å². The van der Waals surface area contributed by atoms with E-state index in [4.69, 9.17) is 36.9 Å². The first kappa shape index (κ1) is 17.8. The number of unbranched alkanes of at least 4 members (excludes halogenated alkanes) is 2. The van der Waals surface area contributed by atoms with Gasteiger partial charge in [-0.3, -0.25) is 0 Å². The van der Waals surface area contributed by atoms with Gasteiger partial charge in [0.1, 0.15) is 5.76 Å². The van der Waals surface area contributed by atoms with Crippen molar-refractivity contribution in [1.29, 1.82) is 0 Å². The molecule has 0 N–H and O–H groups in total. The minimum atomic E-state index is 0.455. The monoisotopic (exact) mass is 380 g/mol. The molecule has 1 aromatic carbocycles. The lowest BCUT2D eigenvalue weighted by Crippen LogP contribution is -1.99. The molecule has 3 aromatic rings. The summed E-state index contributed by atoms with van der Waals surface area (Å²) in [5.74, 6) is 2.03. The molecule has 2 heterocycles. The first-order valence-electron chi connectivity index (χ1n) is 8.06. The number of halogens is 2. The van der Waals surface area contributed by atoms with E-state index in [1.807, 2.05) is 13.0 Å². The molecule has 3 rings (SSSR count). The number of benzene rings is 1. The van der Waals surface area contributed by atoms with Gasteiger partial charge in [0.2, 0.25) is 0 Å². The SMILES string of the molecule is Cc1cc(CCCCCOc2c(Cl)cc(-c3cnco3)cc2Cl)on1. The number of hydrogen-bond donors (Lipinski definition) is 0. The van der Waals surface area contributed by atoms with Crippen LogP contribution in [0.4, 0.5) is 0 Å². The van der Waals surface area contributed by atoms with E-state index in [-0.39, 0.29) is 0 Å². The van der Waals surface area contributed by atoms with E-state index in [9.17, 15) is 0 Å². The minimum Gasteiger partial charge on any atom is -0.490 e. The molecule has 0 saturated heterocycles. The van der Waals surface area contributed by atoms with Gasteiger partial charge in [-0.15, -0.1) is 0 Å². The second-order valence-corrected chi connectivity index (χ2v) is 6.54. The van der Waals surface area contributed by atoms with Crippen LogP contribution in [-0.4, -0.2) is 16.7 Å². The summed E-state index contributed by atoms with van der Waals surface area (Å²) in [6.07, 6.45) is 6.80. The van der Waals surface area contributed by atoms with Gasteiger partial charge in [0.25, 0.3) is 0 Å². The normalized spacial score (nSPS) is 11.0. The summed E-state index contributed by atoms with van der Waals surface area (Å²) >= 11 is 12.6. The molecule has 132 valence electrons. The summed E-state index contributed by atoms with van der Waals surface area (Å²) in [5, 5.41) is 4.79. The Kier molecular flexibility index (Phi) is 6.00. The molecule has 0 saturated carbocycles. The number of hydrogen-bond acceptors (Lipinski definition) is 5. The Morgan fingerprint density at radius 3 is 2.52 bits per heavy atom. The highest BCUT2D eigenvalue weighted by Crippen LogP contribution is 2.37. The molecule has 0 aliphatic heterocycles. The van der Waals surface area contributed by atoms with Crippen molar-refractivity contribution in [3.63, 3.8) is 0 Å². The Balaban J connectivity index is 1.46. The van der Waals surface area contributed by atoms with Crippen LogP contribution < -0.4 is 4.74 Å².